The van der Waals surface area contributed by atoms with Crippen LogP contribution in [-0.2, 0) is 0 Å². The number of para-hydroxylation sites is 2. The molecule has 0 saturated carbocycles. The topological polar surface area (TPSA) is 61.0 Å². The third-order valence-corrected chi connectivity index (χ3v) is 10.5. The number of benzene rings is 7. The van der Waals surface area contributed by atoms with Gasteiger partial charge in [0.1, 0.15) is 23.0 Å². The van der Waals surface area contributed by atoms with Crippen LogP contribution in [0, 0.1) is 0 Å². The fourth-order valence-electron chi connectivity index (χ4n) is 7.93. The number of aromatic nitrogens is 3. The smallest absolute Gasteiger partial charge is 0.164 e. The molecule has 2 aliphatic rings. The minimum atomic E-state index is -0.183. The molecule has 1 aliphatic heterocycles. The number of hydrogen-bond donors (Lipinski definition) is 0. The normalized spacial score (nSPS) is 16.3. The lowest BCUT2D eigenvalue weighted by molar-refractivity contribution is 0.271. The molecule has 3 heterocycles. The summed E-state index contributed by atoms with van der Waals surface area (Å²) in [7, 11) is 0. The molecule has 2 aromatic heterocycles. The number of furan rings is 1. The van der Waals surface area contributed by atoms with Gasteiger partial charge in [0.2, 0.25) is 0 Å². The first-order valence-corrected chi connectivity index (χ1v) is 17.6. The molecule has 1 aliphatic carbocycles. The summed E-state index contributed by atoms with van der Waals surface area (Å²) in [6.07, 6.45) is 6.14. The Hall–Kier alpha value is -6.85. The van der Waals surface area contributed by atoms with Crippen molar-refractivity contribution in [2.75, 3.05) is 0 Å². The first kappa shape index (κ1) is 28.9. The van der Waals surface area contributed by atoms with E-state index < -0.39 is 0 Å². The molecule has 2 unspecified atom stereocenters. The van der Waals surface area contributed by atoms with Gasteiger partial charge in [-0.3, -0.25) is 0 Å². The fourth-order valence-corrected chi connectivity index (χ4v) is 7.93. The Morgan fingerprint density at radius 3 is 1.88 bits per heavy atom. The molecular weight excluding hydrogens is 639 g/mol. The number of rotatable bonds is 4. The average molecular weight is 668 g/mol. The molecule has 0 amide bonds. The SMILES string of the molecule is C1=CC2Oc3ccc(-c4cccc5c4oc4ccccc45)cc3C2C(c2nc(-c3ccc4ccccc4c3)nc(-c3ccc4ccccc4c3)n2)=C1. The highest BCUT2D eigenvalue weighted by Gasteiger charge is 2.39. The quantitative estimate of drug-likeness (QED) is 0.187. The van der Waals surface area contributed by atoms with Gasteiger partial charge >= 0.3 is 0 Å². The van der Waals surface area contributed by atoms with E-state index in [-0.39, 0.29) is 12.0 Å². The van der Waals surface area contributed by atoms with Crippen molar-refractivity contribution >= 4 is 49.1 Å². The van der Waals surface area contributed by atoms with E-state index in [1.807, 2.05) is 12.1 Å². The van der Waals surface area contributed by atoms with Crippen LogP contribution in [-0.4, -0.2) is 21.1 Å². The number of allylic oxidation sites excluding steroid dienone is 2. The van der Waals surface area contributed by atoms with E-state index >= 15 is 0 Å². The summed E-state index contributed by atoms with van der Waals surface area (Å²) in [5.41, 5.74) is 7.88. The molecule has 5 heteroatoms. The summed E-state index contributed by atoms with van der Waals surface area (Å²) < 4.78 is 13.0. The third-order valence-electron chi connectivity index (χ3n) is 10.5. The lowest BCUT2D eigenvalue weighted by Gasteiger charge is -2.22. The van der Waals surface area contributed by atoms with Crippen molar-refractivity contribution in [1.29, 1.82) is 0 Å². The van der Waals surface area contributed by atoms with Gasteiger partial charge in [-0.15, -0.1) is 0 Å². The van der Waals surface area contributed by atoms with Gasteiger partial charge < -0.3 is 9.15 Å². The van der Waals surface area contributed by atoms with Crippen molar-refractivity contribution in [3.63, 3.8) is 0 Å². The van der Waals surface area contributed by atoms with E-state index in [1.165, 1.54) is 10.8 Å². The van der Waals surface area contributed by atoms with Crippen molar-refractivity contribution in [2.45, 2.75) is 12.0 Å². The average Bonchev–Trinajstić information content (AvgIpc) is 3.78. The van der Waals surface area contributed by atoms with Crippen molar-refractivity contribution in [2.24, 2.45) is 0 Å². The van der Waals surface area contributed by atoms with Crippen molar-refractivity contribution in [3.05, 3.63) is 175 Å². The molecule has 0 N–H and O–H groups in total. The molecule has 7 aromatic carbocycles. The van der Waals surface area contributed by atoms with E-state index in [9.17, 15) is 0 Å². The Labute approximate surface area is 299 Å². The maximum atomic E-state index is 6.59. The van der Waals surface area contributed by atoms with Crippen molar-refractivity contribution in [3.8, 4) is 39.7 Å². The van der Waals surface area contributed by atoms with Gasteiger partial charge in [-0.25, -0.2) is 15.0 Å². The van der Waals surface area contributed by atoms with Crippen LogP contribution in [0.5, 0.6) is 5.75 Å². The summed E-state index contributed by atoms with van der Waals surface area (Å²) >= 11 is 0. The minimum absolute atomic E-state index is 0.105. The summed E-state index contributed by atoms with van der Waals surface area (Å²) in [5, 5.41) is 6.85. The van der Waals surface area contributed by atoms with Crippen LogP contribution >= 0.6 is 0 Å². The molecule has 0 radical (unpaired) electrons. The lowest BCUT2D eigenvalue weighted by atomic mass is 9.83. The van der Waals surface area contributed by atoms with Gasteiger partial charge in [-0.2, -0.15) is 0 Å². The number of ether oxygens (including phenoxy) is 1. The molecule has 5 nitrogen and oxygen atoms in total. The predicted octanol–water partition coefficient (Wildman–Crippen LogP) is 11.6. The van der Waals surface area contributed by atoms with Crippen molar-refractivity contribution < 1.29 is 9.15 Å². The van der Waals surface area contributed by atoms with E-state index in [0.29, 0.717) is 17.5 Å². The first-order valence-electron chi connectivity index (χ1n) is 17.6. The molecular formula is C47H29N3O2. The number of fused-ring (bicyclic) bond motifs is 8. The predicted molar refractivity (Wildman–Crippen MR) is 209 cm³/mol. The summed E-state index contributed by atoms with van der Waals surface area (Å²) in [6, 6.07) is 50.6. The standard InChI is InChI=1S/C47H29N3O2/c1-3-11-30-25-33(21-19-28(30)9-1)45-48-46(34-22-20-29-10-2-4-12-31(29)26-34)50-47(49-45)38-16-8-18-42-43(38)39-27-32(23-24-41(39)51-42)35-14-7-15-37-36-13-5-6-17-40(36)52-44(35)37/h1-27,42-43H. The van der Waals surface area contributed by atoms with E-state index in [4.69, 9.17) is 24.1 Å². The zero-order valence-electron chi connectivity index (χ0n) is 27.9. The maximum Gasteiger partial charge on any atom is 0.164 e. The van der Waals surface area contributed by atoms with Crippen LogP contribution in [0.4, 0.5) is 0 Å². The minimum Gasteiger partial charge on any atom is -0.485 e. The molecule has 9 aromatic rings. The van der Waals surface area contributed by atoms with Crippen LogP contribution in [0.25, 0.3) is 83.0 Å². The molecule has 244 valence electrons. The van der Waals surface area contributed by atoms with Crippen molar-refractivity contribution in [1.82, 2.24) is 15.0 Å². The Kier molecular flexibility index (Phi) is 6.31. The summed E-state index contributed by atoms with van der Waals surface area (Å²) in [4.78, 5) is 15.5. The molecule has 0 fully saturated rings. The summed E-state index contributed by atoms with van der Waals surface area (Å²) in [5.74, 6) is 2.67. The number of hydrogen-bond acceptors (Lipinski definition) is 5. The Balaban J connectivity index is 1.07. The van der Waals surface area contributed by atoms with Crippen LogP contribution in [0.3, 0.4) is 0 Å². The van der Waals surface area contributed by atoms with Gasteiger partial charge in [0.05, 0.1) is 5.92 Å². The molecule has 11 rings (SSSR count). The highest BCUT2D eigenvalue weighted by Crippen LogP contribution is 2.49. The lowest BCUT2D eigenvalue weighted by Crippen LogP contribution is -2.20. The Morgan fingerprint density at radius 1 is 0.500 bits per heavy atom. The van der Waals surface area contributed by atoms with Crippen LogP contribution in [0.15, 0.2) is 168 Å². The van der Waals surface area contributed by atoms with Gasteiger partial charge in [-0.05, 0) is 63.5 Å². The van der Waals surface area contributed by atoms with Gasteiger partial charge in [0.25, 0.3) is 0 Å². The van der Waals surface area contributed by atoms with Crippen LogP contribution < -0.4 is 4.74 Å². The van der Waals surface area contributed by atoms with Crippen LogP contribution in [0.2, 0.25) is 0 Å². The highest BCUT2D eigenvalue weighted by molar-refractivity contribution is 6.09. The highest BCUT2D eigenvalue weighted by atomic mass is 16.5. The summed E-state index contributed by atoms with van der Waals surface area (Å²) in [6.45, 7) is 0. The van der Waals surface area contributed by atoms with Gasteiger partial charge in [0, 0.05) is 38.6 Å². The van der Waals surface area contributed by atoms with E-state index in [1.54, 1.807) is 0 Å². The fraction of sp³-hybridized carbons (Fsp3) is 0.0426. The molecule has 2 atom stereocenters. The zero-order chi connectivity index (χ0) is 34.2. The largest absolute Gasteiger partial charge is 0.485 e. The number of nitrogens with zero attached hydrogens (tertiary/aromatic N) is 3. The molecule has 52 heavy (non-hydrogen) atoms. The third kappa shape index (κ3) is 4.60. The Morgan fingerprint density at radius 2 is 1.13 bits per heavy atom. The second-order valence-corrected chi connectivity index (χ2v) is 13.5. The Bertz CT molecular complexity index is 2880. The maximum absolute atomic E-state index is 6.59. The van der Waals surface area contributed by atoms with E-state index in [0.717, 1.165) is 71.9 Å². The van der Waals surface area contributed by atoms with Gasteiger partial charge in [0.15, 0.2) is 17.5 Å². The van der Waals surface area contributed by atoms with Gasteiger partial charge in [-0.1, -0.05) is 127 Å². The van der Waals surface area contributed by atoms with Crippen LogP contribution in [0.1, 0.15) is 17.3 Å². The zero-order valence-corrected chi connectivity index (χ0v) is 27.9. The molecule has 0 spiro atoms. The second-order valence-electron chi connectivity index (χ2n) is 13.5. The molecule has 0 saturated heterocycles. The van der Waals surface area contributed by atoms with E-state index in [2.05, 4.69) is 152 Å². The monoisotopic (exact) mass is 667 g/mol. The second kappa shape index (κ2) is 11.3. The molecule has 0 bridgehead atoms. The first-order chi connectivity index (χ1) is 25.7.